The molecule has 1 aliphatic heterocycles. The number of halogens is 1. The van der Waals surface area contributed by atoms with Gasteiger partial charge in [0, 0.05) is 12.1 Å². The predicted molar refractivity (Wildman–Crippen MR) is 84.2 cm³/mol. The zero-order valence-corrected chi connectivity index (χ0v) is 13.4. The highest BCUT2D eigenvalue weighted by Gasteiger charge is 2.40. The minimum Gasteiger partial charge on any atom is -0.493 e. The Morgan fingerprint density at radius 1 is 1.19 bits per heavy atom. The number of hydrogen-bond donors (Lipinski definition) is 1. The maximum atomic E-state index is 6.59. The van der Waals surface area contributed by atoms with Gasteiger partial charge < -0.3 is 15.2 Å². The predicted octanol–water partition coefficient (Wildman–Crippen LogP) is 2.98. The maximum Gasteiger partial charge on any atom is 0.179 e. The molecule has 1 aromatic rings. The Bertz CT molecular complexity index is 519. The van der Waals surface area contributed by atoms with E-state index in [0.717, 1.165) is 18.5 Å². The second kappa shape index (κ2) is 6.03. The van der Waals surface area contributed by atoms with E-state index < -0.39 is 0 Å². The van der Waals surface area contributed by atoms with Crippen LogP contribution in [-0.4, -0.2) is 37.7 Å². The van der Waals surface area contributed by atoms with Gasteiger partial charge in [-0.05, 0) is 43.9 Å². The zero-order chi connectivity index (χ0) is 15.0. The standard InChI is InChI=1S/C16H23ClN2O2/c1-20-13-8-7-11(14(17)16(13)21-2)15-12(18)4-3-9-19(15)10-5-6-10/h7-8,10,12,15H,3-6,9,18H2,1-2H3. The van der Waals surface area contributed by atoms with E-state index in [-0.39, 0.29) is 12.1 Å². The molecule has 1 saturated heterocycles. The van der Waals surface area contributed by atoms with Crippen LogP contribution in [0.3, 0.4) is 0 Å². The first-order valence-corrected chi connectivity index (χ1v) is 7.97. The van der Waals surface area contributed by atoms with E-state index in [1.807, 2.05) is 12.1 Å². The van der Waals surface area contributed by atoms with Crippen LogP contribution in [0.4, 0.5) is 0 Å². The van der Waals surface area contributed by atoms with Crippen molar-refractivity contribution in [3.63, 3.8) is 0 Å². The van der Waals surface area contributed by atoms with Gasteiger partial charge in [0.15, 0.2) is 11.5 Å². The number of benzene rings is 1. The largest absolute Gasteiger partial charge is 0.493 e. The van der Waals surface area contributed by atoms with E-state index in [1.54, 1.807) is 14.2 Å². The van der Waals surface area contributed by atoms with Crippen LogP contribution in [0.2, 0.25) is 5.02 Å². The van der Waals surface area contributed by atoms with Gasteiger partial charge in [-0.3, -0.25) is 4.90 Å². The molecule has 1 aliphatic carbocycles. The van der Waals surface area contributed by atoms with E-state index >= 15 is 0 Å². The van der Waals surface area contributed by atoms with Crippen LogP contribution in [0, 0.1) is 0 Å². The molecule has 0 spiro atoms. The molecule has 0 amide bonds. The molecule has 116 valence electrons. The van der Waals surface area contributed by atoms with E-state index in [1.165, 1.54) is 19.3 Å². The van der Waals surface area contributed by atoms with Crippen molar-refractivity contribution in [1.29, 1.82) is 0 Å². The molecule has 1 heterocycles. The number of nitrogens with two attached hydrogens (primary N) is 1. The number of hydrogen-bond acceptors (Lipinski definition) is 4. The lowest BCUT2D eigenvalue weighted by molar-refractivity contribution is 0.119. The molecule has 0 aromatic heterocycles. The third kappa shape index (κ3) is 2.72. The highest BCUT2D eigenvalue weighted by Crippen LogP contribution is 2.45. The van der Waals surface area contributed by atoms with Gasteiger partial charge in [0.2, 0.25) is 0 Å². The third-order valence-corrected chi connectivity index (χ3v) is 4.96. The number of piperidine rings is 1. The first-order chi connectivity index (χ1) is 10.2. The highest BCUT2D eigenvalue weighted by atomic mass is 35.5. The Labute approximate surface area is 131 Å². The van der Waals surface area contributed by atoms with Gasteiger partial charge in [-0.15, -0.1) is 0 Å². The van der Waals surface area contributed by atoms with Crippen LogP contribution < -0.4 is 15.2 Å². The van der Waals surface area contributed by atoms with Crippen LogP contribution in [0.1, 0.15) is 37.3 Å². The van der Waals surface area contributed by atoms with Crippen LogP contribution in [0.15, 0.2) is 12.1 Å². The second-order valence-corrected chi connectivity index (χ2v) is 6.30. The second-order valence-electron chi connectivity index (χ2n) is 5.92. The van der Waals surface area contributed by atoms with Gasteiger partial charge in [-0.2, -0.15) is 0 Å². The zero-order valence-electron chi connectivity index (χ0n) is 12.6. The summed E-state index contributed by atoms with van der Waals surface area (Å²) in [4.78, 5) is 2.53. The number of nitrogens with zero attached hydrogens (tertiary/aromatic N) is 1. The lowest BCUT2D eigenvalue weighted by atomic mass is 9.90. The first-order valence-electron chi connectivity index (χ1n) is 7.59. The van der Waals surface area contributed by atoms with Crippen LogP contribution in [0.5, 0.6) is 11.5 Å². The fourth-order valence-electron chi connectivity index (χ4n) is 3.41. The minimum atomic E-state index is 0.120. The van der Waals surface area contributed by atoms with Crippen molar-refractivity contribution in [2.75, 3.05) is 20.8 Å². The quantitative estimate of drug-likeness (QED) is 0.929. The fourth-order valence-corrected chi connectivity index (χ4v) is 3.76. The number of rotatable bonds is 4. The summed E-state index contributed by atoms with van der Waals surface area (Å²) in [5.41, 5.74) is 7.49. The molecule has 3 rings (SSSR count). The molecule has 2 atom stereocenters. The Kier molecular flexibility index (Phi) is 4.29. The van der Waals surface area contributed by atoms with Crippen molar-refractivity contribution >= 4 is 11.6 Å². The Balaban J connectivity index is 2.00. The van der Waals surface area contributed by atoms with Crippen molar-refractivity contribution in [3.8, 4) is 11.5 Å². The summed E-state index contributed by atoms with van der Waals surface area (Å²) < 4.78 is 10.7. The van der Waals surface area contributed by atoms with Gasteiger partial charge >= 0.3 is 0 Å². The topological polar surface area (TPSA) is 47.7 Å². The molecule has 0 bridgehead atoms. The third-order valence-electron chi connectivity index (χ3n) is 4.57. The van der Waals surface area contributed by atoms with Gasteiger partial charge in [0.25, 0.3) is 0 Å². The van der Waals surface area contributed by atoms with E-state index in [9.17, 15) is 0 Å². The lowest BCUT2D eigenvalue weighted by Gasteiger charge is -2.41. The molecule has 4 nitrogen and oxygen atoms in total. The molecule has 21 heavy (non-hydrogen) atoms. The van der Waals surface area contributed by atoms with Crippen molar-refractivity contribution in [1.82, 2.24) is 4.90 Å². The van der Waals surface area contributed by atoms with Crippen LogP contribution in [0.25, 0.3) is 0 Å². The number of likely N-dealkylation sites (tertiary alicyclic amines) is 1. The first kappa shape index (κ1) is 14.9. The summed E-state index contributed by atoms with van der Waals surface area (Å²) in [6.45, 7) is 1.10. The Morgan fingerprint density at radius 2 is 1.95 bits per heavy atom. The van der Waals surface area contributed by atoms with E-state index in [0.29, 0.717) is 22.6 Å². The molecule has 2 unspecified atom stereocenters. The summed E-state index contributed by atoms with van der Waals surface area (Å²) in [5, 5.41) is 0.629. The van der Waals surface area contributed by atoms with Crippen LogP contribution in [-0.2, 0) is 0 Å². The summed E-state index contributed by atoms with van der Waals surface area (Å²) in [5.74, 6) is 1.26. The average molecular weight is 311 g/mol. The molecule has 2 N–H and O–H groups in total. The summed E-state index contributed by atoms with van der Waals surface area (Å²) in [6.07, 6.45) is 4.75. The van der Waals surface area contributed by atoms with Crippen LogP contribution >= 0.6 is 11.6 Å². The highest BCUT2D eigenvalue weighted by molar-refractivity contribution is 6.33. The molecule has 2 aliphatic rings. The summed E-state index contributed by atoms with van der Waals surface area (Å²) in [7, 11) is 3.24. The molecule has 5 heteroatoms. The lowest BCUT2D eigenvalue weighted by Crippen LogP contribution is -2.46. The minimum absolute atomic E-state index is 0.120. The number of ether oxygens (including phenoxy) is 2. The van der Waals surface area contributed by atoms with Gasteiger partial charge in [0.05, 0.1) is 25.3 Å². The molecular weight excluding hydrogens is 288 g/mol. The van der Waals surface area contributed by atoms with Gasteiger partial charge in [0.1, 0.15) is 0 Å². The van der Waals surface area contributed by atoms with Crippen molar-refractivity contribution < 1.29 is 9.47 Å². The molecule has 2 fully saturated rings. The normalized spacial score (nSPS) is 26.7. The maximum absolute atomic E-state index is 6.59. The van der Waals surface area contributed by atoms with Gasteiger partial charge in [-0.25, -0.2) is 0 Å². The summed E-state index contributed by atoms with van der Waals surface area (Å²) >= 11 is 6.59. The van der Waals surface area contributed by atoms with E-state index in [4.69, 9.17) is 26.8 Å². The average Bonchev–Trinajstić information content (AvgIpc) is 3.32. The SMILES string of the molecule is COc1ccc(C2C(N)CCCN2C2CC2)c(Cl)c1OC. The van der Waals surface area contributed by atoms with Crippen molar-refractivity contribution in [3.05, 3.63) is 22.7 Å². The monoisotopic (exact) mass is 310 g/mol. The van der Waals surface area contributed by atoms with Gasteiger partial charge in [-0.1, -0.05) is 17.7 Å². The smallest absolute Gasteiger partial charge is 0.179 e. The Morgan fingerprint density at radius 3 is 2.57 bits per heavy atom. The molecular formula is C16H23ClN2O2. The molecule has 0 radical (unpaired) electrons. The summed E-state index contributed by atoms with van der Waals surface area (Å²) in [6, 6.07) is 4.93. The Hall–Kier alpha value is -0.970. The van der Waals surface area contributed by atoms with Crippen molar-refractivity contribution in [2.24, 2.45) is 5.73 Å². The molecule has 1 aromatic carbocycles. The fraction of sp³-hybridized carbons (Fsp3) is 0.625. The van der Waals surface area contributed by atoms with Crippen molar-refractivity contribution in [2.45, 2.75) is 43.8 Å². The van der Waals surface area contributed by atoms with E-state index in [2.05, 4.69) is 4.90 Å². The number of methoxy groups -OCH3 is 2. The molecule has 1 saturated carbocycles.